The molecule has 1 aliphatic rings. The zero-order valence-corrected chi connectivity index (χ0v) is 9.28. The van der Waals surface area contributed by atoms with Crippen LogP contribution in [0.5, 0.6) is 0 Å². The first-order chi connectivity index (χ1) is 6.09. The van der Waals surface area contributed by atoms with Crippen LogP contribution in [0, 0.1) is 0 Å². The lowest BCUT2D eigenvalue weighted by Crippen LogP contribution is -2.45. The van der Waals surface area contributed by atoms with Crippen LogP contribution >= 0.6 is 12.2 Å². The first kappa shape index (κ1) is 10.5. The molecule has 0 radical (unpaired) electrons. The fourth-order valence-electron chi connectivity index (χ4n) is 1.46. The number of nitrogens with one attached hydrogen (secondary N) is 1. The van der Waals surface area contributed by atoms with Gasteiger partial charge in [-0.1, -0.05) is 12.2 Å². The molecule has 1 heterocycles. The fraction of sp³-hybridized carbons (Fsp3) is 0.700. The normalized spacial score (nSPS) is 17.8. The van der Waals surface area contributed by atoms with Crippen molar-refractivity contribution < 1.29 is 0 Å². The van der Waals surface area contributed by atoms with Crippen molar-refractivity contribution in [1.29, 1.82) is 0 Å². The van der Waals surface area contributed by atoms with E-state index < -0.39 is 0 Å². The number of rotatable bonds is 1. The highest BCUT2D eigenvalue weighted by atomic mass is 32.1. The molecule has 1 rings (SSSR count). The van der Waals surface area contributed by atoms with Crippen molar-refractivity contribution in [2.24, 2.45) is 0 Å². The Bertz CT molecular complexity index is 211. The summed E-state index contributed by atoms with van der Waals surface area (Å²) in [5.74, 6) is 0. The Morgan fingerprint density at radius 2 is 2.31 bits per heavy atom. The second-order valence-electron chi connectivity index (χ2n) is 3.88. The summed E-state index contributed by atoms with van der Waals surface area (Å²) in [4.78, 5) is 2.20. The molecule has 0 bridgehead atoms. The van der Waals surface area contributed by atoms with Gasteiger partial charge in [0.1, 0.15) is 0 Å². The van der Waals surface area contributed by atoms with Gasteiger partial charge in [0.25, 0.3) is 0 Å². The third kappa shape index (κ3) is 3.35. The van der Waals surface area contributed by atoms with Gasteiger partial charge in [-0.3, -0.25) is 0 Å². The number of hydrogen-bond acceptors (Lipinski definition) is 1. The van der Waals surface area contributed by atoms with E-state index in [1.165, 1.54) is 12.0 Å². The maximum Gasteiger partial charge on any atom is 0.169 e. The van der Waals surface area contributed by atoms with Crippen LogP contribution in [-0.4, -0.2) is 29.1 Å². The molecule has 2 nitrogen and oxygen atoms in total. The van der Waals surface area contributed by atoms with Crippen LogP contribution in [0.2, 0.25) is 0 Å². The molecule has 0 unspecified atom stereocenters. The van der Waals surface area contributed by atoms with E-state index in [-0.39, 0.29) is 0 Å². The number of hydrogen-bond donors (Lipinski definition) is 1. The maximum atomic E-state index is 5.28. The summed E-state index contributed by atoms with van der Waals surface area (Å²) in [5.41, 5.74) is 1.29. The maximum absolute atomic E-state index is 5.28. The summed E-state index contributed by atoms with van der Waals surface area (Å²) in [6.45, 7) is 10.2. The van der Waals surface area contributed by atoms with Gasteiger partial charge < -0.3 is 10.2 Å². The Balaban J connectivity index is 2.41. The van der Waals surface area contributed by atoms with Crippen LogP contribution in [0.15, 0.2) is 12.2 Å². The molecule has 74 valence electrons. The van der Waals surface area contributed by atoms with Gasteiger partial charge in [0, 0.05) is 19.1 Å². The Morgan fingerprint density at radius 3 is 2.85 bits per heavy atom. The van der Waals surface area contributed by atoms with E-state index in [9.17, 15) is 0 Å². The second kappa shape index (κ2) is 4.61. The Labute approximate surface area is 86.0 Å². The Hall–Kier alpha value is -0.570. The van der Waals surface area contributed by atoms with Gasteiger partial charge in [0.15, 0.2) is 5.11 Å². The van der Waals surface area contributed by atoms with E-state index in [1.807, 2.05) is 0 Å². The summed E-state index contributed by atoms with van der Waals surface area (Å²) in [5, 5.41) is 4.12. The first-order valence-corrected chi connectivity index (χ1v) is 5.22. The lowest BCUT2D eigenvalue weighted by atomic mass is 10.1. The van der Waals surface area contributed by atoms with E-state index in [2.05, 4.69) is 30.6 Å². The molecule has 0 aromatic heterocycles. The molecule has 1 saturated heterocycles. The molecule has 0 aliphatic carbocycles. The van der Waals surface area contributed by atoms with E-state index in [4.69, 9.17) is 12.2 Å². The molecule has 0 atom stereocenters. The molecule has 3 heteroatoms. The van der Waals surface area contributed by atoms with E-state index in [0.29, 0.717) is 6.04 Å². The van der Waals surface area contributed by atoms with Gasteiger partial charge in [0.2, 0.25) is 0 Å². The number of nitrogens with zero attached hydrogens (tertiary/aromatic N) is 1. The standard InChI is InChI=1S/C10H18N2S/c1-8(2)11-10(13)12-6-4-5-9(3)7-12/h8H,3-7H2,1-2H3,(H,11,13). The molecular weight excluding hydrogens is 180 g/mol. The highest BCUT2D eigenvalue weighted by Gasteiger charge is 2.15. The summed E-state index contributed by atoms with van der Waals surface area (Å²) in [7, 11) is 0. The Kier molecular flexibility index (Phi) is 3.72. The van der Waals surface area contributed by atoms with Crippen LogP contribution in [-0.2, 0) is 0 Å². The molecule has 1 N–H and O–H groups in total. The van der Waals surface area contributed by atoms with E-state index in [0.717, 1.165) is 24.6 Å². The van der Waals surface area contributed by atoms with Gasteiger partial charge in [-0.15, -0.1) is 0 Å². The van der Waals surface area contributed by atoms with Crippen LogP contribution in [0.1, 0.15) is 26.7 Å². The molecule has 0 saturated carbocycles. The summed E-state index contributed by atoms with van der Waals surface area (Å²) < 4.78 is 0. The van der Waals surface area contributed by atoms with Crippen LogP contribution in [0.4, 0.5) is 0 Å². The first-order valence-electron chi connectivity index (χ1n) is 4.81. The van der Waals surface area contributed by atoms with Crippen molar-refractivity contribution in [3.63, 3.8) is 0 Å². The van der Waals surface area contributed by atoms with Gasteiger partial charge in [-0.05, 0) is 38.9 Å². The average Bonchev–Trinajstić information content (AvgIpc) is 2.03. The average molecular weight is 198 g/mol. The number of likely N-dealkylation sites (tertiary alicyclic amines) is 1. The summed E-state index contributed by atoms with van der Waals surface area (Å²) in [6.07, 6.45) is 2.33. The smallest absolute Gasteiger partial charge is 0.169 e. The van der Waals surface area contributed by atoms with Gasteiger partial charge in [-0.2, -0.15) is 0 Å². The molecule has 1 fully saturated rings. The molecular formula is C10H18N2S. The minimum atomic E-state index is 0.419. The molecule has 0 aromatic rings. The number of piperidine rings is 1. The van der Waals surface area contributed by atoms with Crippen LogP contribution in [0.3, 0.4) is 0 Å². The van der Waals surface area contributed by atoms with Crippen molar-refractivity contribution in [3.05, 3.63) is 12.2 Å². The van der Waals surface area contributed by atoms with Crippen LogP contribution < -0.4 is 5.32 Å². The zero-order valence-electron chi connectivity index (χ0n) is 8.47. The van der Waals surface area contributed by atoms with Crippen molar-refractivity contribution in [2.45, 2.75) is 32.7 Å². The Morgan fingerprint density at radius 1 is 1.62 bits per heavy atom. The summed E-state index contributed by atoms with van der Waals surface area (Å²) >= 11 is 5.28. The van der Waals surface area contributed by atoms with Gasteiger partial charge >= 0.3 is 0 Å². The van der Waals surface area contributed by atoms with Crippen molar-refractivity contribution in [1.82, 2.24) is 10.2 Å². The third-order valence-corrected chi connectivity index (χ3v) is 2.45. The quantitative estimate of drug-likeness (QED) is 0.512. The molecule has 0 amide bonds. The predicted molar refractivity (Wildman–Crippen MR) is 60.8 cm³/mol. The van der Waals surface area contributed by atoms with Gasteiger partial charge in [0.05, 0.1) is 0 Å². The third-order valence-electron chi connectivity index (χ3n) is 2.07. The minimum absolute atomic E-state index is 0.419. The monoisotopic (exact) mass is 198 g/mol. The molecule has 13 heavy (non-hydrogen) atoms. The summed E-state index contributed by atoms with van der Waals surface area (Å²) in [6, 6.07) is 0.419. The molecule has 0 spiro atoms. The van der Waals surface area contributed by atoms with E-state index >= 15 is 0 Å². The lowest BCUT2D eigenvalue weighted by Gasteiger charge is -2.31. The molecule has 0 aromatic carbocycles. The second-order valence-corrected chi connectivity index (χ2v) is 4.27. The van der Waals surface area contributed by atoms with Crippen molar-refractivity contribution in [3.8, 4) is 0 Å². The highest BCUT2D eigenvalue weighted by molar-refractivity contribution is 7.80. The topological polar surface area (TPSA) is 15.3 Å². The largest absolute Gasteiger partial charge is 0.360 e. The van der Waals surface area contributed by atoms with Crippen molar-refractivity contribution >= 4 is 17.3 Å². The zero-order chi connectivity index (χ0) is 9.84. The van der Waals surface area contributed by atoms with Gasteiger partial charge in [-0.25, -0.2) is 0 Å². The molecule has 1 aliphatic heterocycles. The fourth-order valence-corrected chi connectivity index (χ4v) is 1.85. The highest BCUT2D eigenvalue weighted by Crippen LogP contribution is 2.13. The lowest BCUT2D eigenvalue weighted by molar-refractivity contribution is 0.389. The minimum Gasteiger partial charge on any atom is -0.360 e. The van der Waals surface area contributed by atoms with Crippen molar-refractivity contribution in [2.75, 3.05) is 13.1 Å². The predicted octanol–water partition coefficient (Wildman–Crippen LogP) is 1.92. The SMILES string of the molecule is C=C1CCCN(C(=S)NC(C)C)C1. The van der Waals surface area contributed by atoms with Crippen LogP contribution in [0.25, 0.3) is 0 Å². The van der Waals surface area contributed by atoms with E-state index in [1.54, 1.807) is 0 Å². The number of thiocarbonyl (C=S) groups is 1.